The van der Waals surface area contributed by atoms with Gasteiger partial charge in [-0.15, -0.1) is 0 Å². The summed E-state index contributed by atoms with van der Waals surface area (Å²) in [7, 11) is 0. The van der Waals surface area contributed by atoms with E-state index in [0.717, 1.165) is 0 Å². The van der Waals surface area contributed by atoms with Gasteiger partial charge in [0.05, 0.1) is 5.69 Å². The highest BCUT2D eigenvalue weighted by Gasteiger charge is 2.12. The molecule has 2 rings (SSSR count). The summed E-state index contributed by atoms with van der Waals surface area (Å²) in [5, 5.41) is 0. The number of amides is 1. The number of hydrogen-bond donors (Lipinski definition) is 2. The van der Waals surface area contributed by atoms with E-state index in [4.69, 9.17) is 16.2 Å². The topological polar surface area (TPSA) is 91.2 Å². The lowest BCUT2D eigenvalue weighted by Gasteiger charge is -2.10. The Kier molecular flexibility index (Phi) is 3.33. The second-order valence-electron chi connectivity index (χ2n) is 3.93. The number of nitrogens with two attached hydrogens (primary N) is 2. The maximum atomic E-state index is 13.3. The Bertz CT molecular complexity index is 644. The molecule has 0 radical (unpaired) electrons. The van der Waals surface area contributed by atoms with Crippen molar-refractivity contribution in [3.05, 3.63) is 47.5 Å². The van der Waals surface area contributed by atoms with Crippen LogP contribution < -0.4 is 16.2 Å². The van der Waals surface area contributed by atoms with Crippen LogP contribution in [0.2, 0.25) is 0 Å². The molecule has 0 saturated heterocycles. The fourth-order valence-electron chi connectivity index (χ4n) is 1.58. The van der Waals surface area contributed by atoms with E-state index in [2.05, 4.69) is 4.98 Å². The molecule has 0 bridgehead atoms. The third kappa shape index (κ3) is 2.62. The molecule has 0 atom stereocenters. The van der Waals surface area contributed by atoms with Crippen molar-refractivity contribution in [2.45, 2.75) is 6.92 Å². The highest BCUT2D eigenvalue weighted by Crippen LogP contribution is 2.27. The Morgan fingerprint density at radius 3 is 2.74 bits per heavy atom. The van der Waals surface area contributed by atoms with Crippen LogP contribution in [0.25, 0.3) is 0 Å². The second kappa shape index (κ2) is 4.93. The van der Waals surface area contributed by atoms with Crippen molar-refractivity contribution in [2.75, 3.05) is 5.73 Å². The second-order valence-corrected chi connectivity index (χ2v) is 3.93. The number of anilines is 1. The molecule has 2 aromatic rings. The van der Waals surface area contributed by atoms with Crippen molar-refractivity contribution in [3.63, 3.8) is 0 Å². The van der Waals surface area contributed by atoms with E-state index >= 15 is 0 Å². The Morgan fingerprint density at radius 1 is 1.37 bits per heavy atom. The number of primary amides is 1. The Labute approximate surface area is 109 Å². The van der Waals surface area contributed by atoms with E-state index < -0.39 is 11.7 Å². The van der Waals surface area contributed by atoms with Gasteiger partial charge in [-0.3, -0.25) is 9.78 Å². The number of benzene rings is 1. The average molecular weight is 261 g/mol. The van der Waals surface area contributed by atoms with Gasteiger partial charge in [0.15, 0.2) is 0 Å². The van der Waals surface area contributed by atoms with Gasteiger partial charge in [-0.05, 0) is 25.1 Å². The first-order chi connectivity index (χ1) is 8.99. The predicted octanol–water partition coefficient (Wildman–Crippen LogP) is 2.00. The molecule has 0 spiro atoms. The third-order valence-electron chi connectivity index (χ3n) is 2.59. The van der Waals surface area contributed by atoms with Crippen molar-refractivity contribution >= 4 is 11.6 Å². The molecule has 19 heavy (non-hydrogen) atoms. The zero-order chi connectivity index (χ0) is 14.0. The van der Waals surface area contributed by atoms with Gasteiger partial charge in [-0.1, -0.05) is 0 Å². The summed E-state index contributed by atoms with van der Waals surface area (Å²) in [6.07, 6.45) is 1.40. The quantitative estimate of drug-likeness (QED) is 0.827. The summed E-state index contributed by atoms with van der Waals surface area (Å²) in [6, 6.07) is 5.66. The number of ether oxygens (including phenoxy) is 1. The number of rotatable bonds is 3. The van der Waals surface area contributed by atoms with Gasteiger partial charge >= 0.3 is 0 Å². The highest BCUT2D eigenvalue weighted by molar-refractivity contribution is 5.92. The van der Waals surface area contributed by atoms with Gasteiger partial charge in [0.25, 0.3) is 5.91 Å². The molecular weight excluding hydrogens is 249 g/mol. The van der Waals surface area contributed by atoms with Gasteiger partial charge in [0.2, 0.25) is 0 Å². The van der Waals surface area contributed by atoms with Gasteiger partial charge in [-0.2, -0.15) is 0 Å². The molecular formula is C13H12FN3O2. The van der Waals surface area contributed by atoms with E-state index in [-0.39, 0.29) is 17.1 Å². The van der Waals surface area contributed by atoms with Crippen molar-refractivity contribution < 1.29 is 13.9 Å². The summed E-state index contributed by atoms with van der Waals surface area (Å²) in [4.78, 5) is 15.0. The number of nitrogen functional groups attached to an aromatic ring is 1. The summed E-state index contributed by atoms with van der Waals surface area (Å²) in [5.41, 5.74) is 11.2. The molecule has 0 aliphatic carbocycles. The average Bonchev–Trinajstić information content (AvgIpc) is 2.36. The molecule has 0 saturated carbocycles. The molecule has 98 valence electrons. The van der Waals surface area contributed by atoms with Crippen molar-refractivity contribution in [3.8, 4) is 11.5 Å². The van der Waals surface area contributed by atoms with E-state index in [1.54, 1.807) is 13.0 Å². The number of hydrogen-bond acceptors (Lipinski definition) is 4. The van der Waals surface area contributed by atoms with Crippen LogP contribution in [0.15, 0.2) is 30.5 Å². The summed E-state index contributed by atoms with van der Waals surface area (Å²) >= 11 is 0. The molecule has 0 aliphatic rings. The molecule has 5 nitrogen and oxygen atoms in total. The maximum absolute atomic E-state index is 13.3. The van der Waals surface area contributed by atoms with Crippen LogP contribution in [0.5, 0.6) is 11.5 Å². The monoisotopic (exact) mass is 261 g/mol. The standard InChI is InChI=1S/C13H12FN3O2/c1-7-11(4-5-17-12(7)13(16)18)19-8-2-3-10(15)9(14)6-8/h2-6H,15H2,1H3,(H2,16,18). The molecule has 0 fully saturated rings. The van der Waals surface area contributed by atoms with E-state index in [9.17, 15) is 9.18 Å². The zero-order valence-electron chi connectivity index (χ0n) is 10.2. The number of carbonyl (C=O) groups is 1. The molecule has 0 aliphatic heterocycles. The van der Waals surface area contributed by atoms with Crippen molar-refractivity contribution in [1.29, 1.82) is 0 Å². The third-order valence-corrected chi connectivity index (χ3v) is 2.59. The first-order valence-electron chi connectivity index (χ1n) is 5.47. The first kappa shape index (κ1) is 12.8. The number of pyridine rings is 1. The molecule has 1 aromatic heterocycles. The number of carbonyl (C=O) groups excluding carboxylic acids is 1. The molecule has 1 heterocycles. The zero-order valence-corrected chi connectivity index (χ0v) is 10.2. The van der Waals surface area contributed by atoms with Crippen LogP contribution >= 0.6 is 0 Å². The molecule has 0 unspecified atom stereocenters. The van der Waals surface area contributed by atoms with E-state index in [1.807, 2.05) is 0 Å². The summed E-state index contributed by atoms with van der Waals surface area (Å²) < 4.78 is 18.8. The minimum atomic E-state index is -0.647. The van der Waals surface area contributed by atoms with Gasteiger partial charge in [0, 0.05) is 17.8 Å². The smallest absolute Gasteiger partial charge is 0.267 e. The van der Waals surface area contributed by atoms with Crippen LogP contribution in [-0.2, 0) is 0 Å². The summed E-state index contributed by atoms with van der Waals surface area (Å²) in [5.74, 6) is -0.560. The first-order valence-corrected chi connectivity index (χ1v) is 5.47. The Balaban J connectivity index is 2.35. The lowest BCUT2D eigenvalue weighted by atomic mass is 10.2. The van der Waals surface area contributed by atoms with Gasteiger partial charge < -0.3 is 16.2 Å². The highest BCUT2D eigenvalue weighted by atomic mass is 19.1. The van der Waals surface area contributed by atoms with Crippen LogP contribution in [0, 0.1) is 12.7 Å². The van der Waals surface area contributed by atoms with Crippen molar-refractivity contribution in [2.24, 2.45) is 5.73 Å². The van der Waals surface area contributed by atoms with Gasteiger partial charge in [0.1, 0.15) is 23.0 Å². The fourth-order valence-corrected chi connectivity index (χ4v) is 1.58. The minimum Gasteiger partial charge on any atom is -0.457 e. The lowest BCUT2D eigenvalue weighted by Crippen LogP contribution is -2.15. The number of halogens is 1. The Hall–Kier alpha value is -2.63. The molecule has 4 N–H and O–H groups in total. The molecule has 6 heteroatoms. The number of nitrogens with zero attached hydrogens (tertiary/aromatic N) is 1. The van der Waals surface area contributed by atoms with Gasteiger partial charge in [-0.25, -0.2) is 4.39 Å². The predicted molar refractivity (Wildman–Crippen MR) is 68.4 cm³/mol. The largest absolute Gasteiger partial charge is 0.457 e. The number of aromatic nitrogens is 1. The molecule has 1 amide bonds. The maximum Gasteiger partial charge on any atom is 0.267 e. The minimum absolute atomic E-state index is 0.0385. The normalized spacial score (nSPS) is 10.2. The summed E-state index contributed by atoms with van der Waals surface area (Å²) in [6.45, 7) is 1.65. The molecule has 1 aromatic carbocycles. The van der Waals surface area contributed by atoms with E-state index in [0.29, 0.717) is 11.3 Å². The SMILES string of the molecule is Cc1c(Oc2ccc(N)c(F)c2)ccnc1C(N)=O. The van der Waals surface area contributed by atoms with Crippen LogP contribution in [-0.4, -0.2) is 10.9 Å². The lowest BCUT2D eigenvalue weighted by molar-refractivity contribution is 0.0994. The fraction of sp³-hybridized carbons (Fsp3) is 0.0769. The Morgan fingerprint density at radius 2 is 2.11 bits per heavy atom. The van der Waals surface area contributed by atoms with Crippen molar-refractivity contribution in [1.82, 2.24) is 4.98 Å². The van der Waals surface area contributed by atoms with Crippen LogP contribution in [0.1, 0.15) is 16.1 Å². The van der Waals surface area contributed by atoms with Crippen LogP contribution in [0.3, 0.4) is 0 Å². The van der Waals surface area contributed by atoms with Crippen LogP contribution in [0.4, 0.5) is 10.1 Å². The van der Waals surface area contributed by atoms with E-state index in [1.165, 1.54) is 24.4 Å².